The molecule has 0 aromatic carbocycles. The maximum Gasteiger partial charge on any atom is 0.331 e. The molecule has 1 aromatic heterocycles. The van der Waals surface area contributed by atoms with Gasteiger partial charge in [0.25, 0.3) is 5.56 Å². The van der Waals surface area contributed by atoms with E-state index in [2.05, 4.69) is 9.98 Å². The quantitative estimate of drug-likeness (QED) is 0.819. The minimum Gasteiger partial charge on any atom is -0.494 e. The van der Waals surface area contributed by atoms with Crippen LogP contribution in [0, 0.1) is 0 Å². The summed E-state index contributed by atoms with van der Waals surface area (Å²) in [6.45, 7) is 2.90. The summed E-state index contributed by atoms with van der Waals surface area (Å²) in [5.41, 5.74) is -0.592. The molecule has 1 aliphatic carbocycles. The van der Waals surface area contributed by atoms with Crippen molar-refractivity contribution < 1.29 is 9.84 Å². The Morgan fingerprint density at radius 2 is 2.00 bits per heavy atom. The number of nitrogens with one attached hydrogen (secondary N) is 1. The van der Waals surface area contributed by atoms with Crippen LogP contribution < -0.4 is 11.2 Å². The number of H-pyrrole nitrogens is 1. The van der Waals surface area contributed by atoms with E-state index < -0.39 is 11.2 Å². The van der Waals surface area contributed by atoms with Crippen molar-refractivity contribution in [1.82, 2.24) is 9.55 Å². The molecule has 1 aromatic rings. The van der Waals surface area contributed by atoms with Gasteiger partial charge < -0.3 is 9.84 Å². The summed E-state index contributed by atoms with van der Waals surface area (Å²) in [7, 11) is 0. The van der Waals surface area contributed by atoms with Crippen LogP contribution in [0.5, 0.6) is 5.88 Å². The fourth-order valence-electron chi connectivity index (χ4n) is 3.65. The van der Waals surface area contributed by atoms with Crippen molar-refractivity contribution in [3.63, 3.8) is 0 Å². The number of hydrogen-bond acceptors (Lipinski definition) is 5. The zero-order valence-electron chi connectivity index (χ0n) is 14.1. The Kier molecular flexibility index (Phi) is 5.18. The van der Waals surface area contributed by atoms with Gasteiger partial charge in [0.05, 0.1) is 12.6 Å². The number of rotatable bonds is 4. The van der Waals surface area contributed by atoms with Crippen molar-refractivity contribution in [2.75, 3.05) is 13.2 Å². The molecule has 0 radical (unpaired) electrons. The minimum absolute atomic E-state index is 0.0622. The molecule has 0 amide bonds. The third kappa shape index (κ3) is 3.45. The topological polar surface area (TPSA) is 96.7 Å². The molecular weight excluding hydrogens is 310 g/mol. The predicted octanol–water partition coefficient (Wildman–Crippen LogP) is 1.74. The SMILES string of the molecule is CC(=NC[C@@H]1CCCO1)c1c(O)n(C2CCCCC2)c(=O)[nH]c1=O. The number of aromatic amines is 1. The summed E-state index contributed by atoms with van der Waals surface area (Å²) in [6, 6.07) is -0.0622. The number of aromatic nitrogens is 2. The van der Waals surface area contributed by atoms with Gasteiger partial charge >= 0.3 is 5.69 Å². The molecule has 2 aliphatic rings. The number of aromatic hydroxyl groups is 1. The minimum atomic E-state index is -0.585. The Labute approximate surface area is 140 Å². The van der Waals surface area contributed by atoms with Crippen LogP contribution in [0.2, 0.25) is 0 Å². The fourth-order valence-corrected chi connectivity index (χ4v) is 3.65. The number of nitrogens with zero attached hydrogens (tertiary/aromatic N) is 2. The van der Waals surface area contributed by atoms with Gasteiger partial charge in [-0.25, -0.2) is 4.79 Å². The van der Waals surface area contributed by atoms with Gasteiger partial charge in [-0.05, 0) is 32.6 Å². The molecule has 24 heavy (non-hydrogen) atoms. The van der Waals surface area contributed by atoms with E-state index in [1.165, 1.54) is 4.57 Å². The van der Waals surface area contributed by atoms with Gasteiger partial charge in [-0.3, -0.25) is 19.3 Å². The first-order chi connectivity index (χ1) is 11.6. The molecule has 0 unspecified atom stereocenters. The molecule has 1 atom stereocenters. The van der Waals surface area contributed by atoms with Gasteiger partial charge in [0.15, 0.2) is 0 Å². The highest BCUT2D eigenvalue weighted by molar-refractivity contribution is 6.00. The van der Waals surface area contributed by atoms with Crippen LogP contribution >= 0.6 is 0 Å². The van der Waals surface area contributed by atoms with Crippen molar-refractivity contribution >= 4 is 5.71 Å². The molecule has 0 spiro atoms. The Bertz CT molecular complexity index is 722. The molecule has 1 saturated heterocycles. The smallest absolute Gasteiger partial charge is 0.331 e. The fraction of sp³-hybridized carbons (Fsp3) is 0.706. The Hall–Kier alpha value is -1.89. The first kappa shape index (κ1) is 17.0. The van der Waals surface area contributed by atoms with Gasteiger partial charge in [0.2, 0.25) is 5.88 Å². The summed E-state index contributed by atoms with van der Waals surface area (Å²) in [6.07, 6.45) is 6.93. The first-order valence-electron chi connectivity index (χ1n) is 8.78. The Morgan fingerprint density at radius 3 is 2.67 bits per heavy atom. The van der Waals surface area contributed by atoms with E-state index in [9.17, 15) is 14.7 Å². The zero-order chi connectivity index (χ0) is 17.1. The number of hydrogen-bond donors (Lipinski definition) is 2. The van der Waals surface area contributed by atoms with Gasteiger partial charge in [0, 0.05) is 18.4 Å². The normalized spacial score (nSPS) is 22.9. The molecule has 2 heterocycles. The van der Waals surface area contributed by atoms with Gasteiger partial charge in [-0.2, -0.15) is 0 Å². The summed E-state index contributed by atoms with van der Waals surface area (Å²) in [4.78, 5) is 31.1. The average molecular weight is 335 g/mol. The van der Waals surface area contributed by atoms with Crippen LogP contribution in [0.25, 0.3) is 0 Å². The molecular formula is C17H25N3O4. The van der Waals surface area contributed by atoms with E-state index in [0.717, 1.165) is 51.6 Å². The molecule has 3 rings (SSSR count). The van der Waals surface area contributed by atoms with Crippen molar-refractivity contribution in [1.29, 1.82) is 0 Å². The Balaban J connectivity index is 1.93. The summed E-state index contributed by atoms with van der Waals surface area (Å²) in [5, 5.41) is 10.6. The lowest BCUT2D eigenvalue weighted by molar-refractivity contribution is 0.118. The summed E-state index contributed by atoms with van der Waals surface area (Å²) < 4.78 is 6.86. The maximum atomic E-state index is 12.2. The second kappa shape index (κ2) is 7.34. The lowest BCUT2D eigenvalue weighted by Gasteiger charge is -2.25. The van der Waals surface area contributed by atoms with Crippen LogP contribution in [0.4, 0.5) is 0 Å². The standard InChI is InChI=1S/C17H25N3O4/c1-11(18-10-13-8-5-9-24-13)14-15(21)19-17(23)20(16(14)22)12-6-3-2-4-7-12/h12-13,22H,2-10H2,1H3,(H,19,21,23)/t13-/m0/s1. The van der Waals surface area contributed by atoms with Crippen LogP contribution in [0.15, 0.2) is 14.6 Å². The first-order valence-corrected chi connectivity index (χ1v) is 8.78. The highest BCUT2D eigenvalue weighted by atomic mass is 16.5. The van der Waals surface area contributed by atoms with E-state index in [0.29, 0.717) is 12.3 Å². The third-order valence-electron chi connectivity index (χ3n) is 4.98. The molecule has 132 valence electrons. The molecule has 0 bridgehead atoms. The molecule has 7 nitrogen and oxygen atoms in total. The van der Waals surface area contributed by atoms with Crippen molar-refractivity contribution in [3.8, 4) is 5.88 Å². The predicted molar refractivity (Wildman–Crippen MR) is 91.2 cm³/mol. The molecule has 1 saturated carbocycles. The van der Waals surface area contributed by atoms with Crippen molar-refractivity contribution in [3.05, 3.63) is 26.4 Å². The van der Waals surface area contributed by atoms with E-state index in [1.54, 1.807) is 6.92 Å². The van der Waals surface area contributed by atoms with Crippen molar-refractivity contribution in [2.24, 2.45) is 4.99 Å². The van der Waals surface area contributed by atoms with E-state index in [1.807, 2.05) is 0 Å². The zero-order valence-corrected chi connectivity index (χ0v) is 14.1. The average Bonchev–Trinajstić information content (AvgIpc) is 3.07. The third-order valence-corrected chi connectivity index (χ3v) is 4.98. The van der Waals surface area contributed by atoms with Crippen LogP contribution in [-0.2, 0) is 4.74 Å². The monoisotopic (exact) mass is 335 g/mol. The highest BCUT2D eigenvalue weighted by Crippen LogP contribution is 2.30. The van der Waals surface area contributed by atoms with Crippen LogP contribution in [-0.4, -0.2) is 39.6 Å². The van der Waals surface area contributed by atoms with Crippen LogP contribution in [0.3, 0.4) is 0 Å². The molecule has 1 aliphatic heterocycles. The second-order valence-electron chi connectivity index (χ2n) is 6.68. The van der Waals surface area contributed by atoms with Crippen molar-refractivity contribution in [2.45, 2.75) is 64.0 Å². The van der Waals surface area contributed by atoms with Gasteiger partial charge in [-0.1, -0.05) is 19.3 Å². The molecule has 2 N–H and O–H groups in total. The van der Waals surface area contributed by atoms with Crippen LogP contribution in [0.1, 0.15) is 63.5 Å². The highest BCUT2D eigenvalue weighted by Gasteiger charge is 2.24. The molecule has 2 fully saturated rings. The second-order valence-corrected chi connectivity index (χ2v) is 6.68. The lowest BCUT2D eigenvalue weighted by atomic mass is 9.95. The summed E-state index contributed by atoms with van der Waals surface area (Å²) in [5.74, 6) is -0.260. The number of aliphatic imine (C=N–C) groups is 1. The van der Waals surface area contributed by atoms with E-state index >= 15 is 0 Å². The molecule has 7 heteroatoms. The number of ether oxygens (including phenoxy) is 1. The van der Waals surface area contributed by atoms with Gasteiger partial charge in [-0.15, -0.1) is 0 Å². The Morgan fingerprint density at radius 1 is 1.25 bits per heavy atom. The van der Waals surface area contributed by atoms with Gasteiger partial charge in [0.1, 0.15) is 5.56 Å². The largest absolute Gasteiger partial charge is 0.494 e. The van der Waals surface area contributed by atoms with E-state index in [4.69, 9.17) is 4.74 Å². The lowest BCUT2D eigenvalue weighted by Crippen LogP contribution is -2.36. The summed E-state index contributed by atoms with van der Waals surface area (Å²) >= 11 is 0. The van der Waals surface area contributed by atoms with E-state index in [-0.39, 0.29) is 23.6 Å². The maximum absolute atomic E-state index is 12.2.